The van der Waals surface area contributed by atoms with Crippen molar-refractivity contribution in [2.45, 2.75) is 58.5 Å². The van der Waals surface area contributed by atoms with E-state index in [0.29, 0.717) is 0 Å². The summed E-state index contributed by atoms with van der Waals surface area (Å²) in [4.78, 5) is 2.45. The molecule has 0 heterocycles. The van der Waals surface area contributed by atoms with Gasteiger partial charge in [-0.05, 0) is 80.2 Å². The van der Waals surface area contributed by atoms with Gasteiger partial charge in [0.15, 0.2) is 0 Å². The van der Waals surface area contributed by atoms with Crippen LogP contribution in [0, 0.1) is 0 Å². The quantitative estimate of drug-likeness (QED) is 0.140. The molecule has 0 radical (unpaired) electrons. The summed E-state index contributed by atoms with van der Waals surface area (Å²) < 4.78 is 0. The van der Waals surface area contributed by atoms with E-state index in [1.54, 1.807) is 0 Å². The van der Waals surface area contributed by atoms with Crippen LogP contribution in [0.2, 0.25) is 39.3 Å². The van der Waals surface area contributed by atoms with E-state index in [0.717, 1.165) is 0 Å². The Kier molecular flexibility index (Phi) is 6.58. The van der Waals surface area contributed by atoms with Crippen molar-refractivity contribution >= 4 is 65.1 Å². The Morgan fingerprint density at radius 3 is 1.61 bits per heavy atom. The van der Waals surface area contributed by atoms with Crippen LogP contribution in [0.25, 0.3) is 32.7 Å². The molecule has 0 spiro atoms. The van der Waals surface area contributed by atoms with E-state index in [-0.39, 0.29) is 5.41 Å². The van der Waals surface area contributed by atoms with Crippen LogP contribution >= 0.6 is 0 Å². The van der Waals surface area contributed by atoms with Crippen LogP contribution in [0.1, 0.15) is 25.0 Å². The number of anilines is 3. The first kappa shape index (κ1) is 28.8. The monoisotopic (exact) mass is 605 g/mol. The van der Waals surface area contributed by atoms with Gasteiger partial charge in [0.25, 0.3) is 0 Å². The highest BCUT2D eigenvalue weighted by Gasteiger charge is 2.37. The van der Waals surface area contributed by atoms with Gasteiger partial charge in [0, 0.05) is 22.5 Å². The largest absolute Gasteiger partial charge is 0.310 e. The molecule has 44 heavy (non-hydrogen) atoms. The van der Waals surface area contributed by atoms with Crippen LogP contribution in [-0.2, 0) is 5.41 Å². The maximum atomic E-state index is 2.46. The second-order valence-corrected chi connectivity index (χ2v) is 25.3. The smallest absolute Gasteiger partial charge is 0.0775 e. The fourth-order valence-electron chi connectivity index (χ4n) is 7.12. The molecule has 0 bridgehead atoms. The second-order valence-electron chi connectivity index (χ2n) is 15.2. The number of hydrogen-bond acceptors (Lipinski definition) is 1. The summed E-state index contributed by atoms with van der Waals surface area (Å²) in [7, 11) is -2.80. The summed E-state index contributed by atoms with van der Waals surface area (Å²) in [6.07, 6.45) is 0. The number of nitrogens with zero attached hydrogens (tertiary/aromatic N) is 1. The van der Waals surface area contributed by atoms with E-state index in [9.17, 15) is 0 Å². The average molecular weight is 606 g/mol. The zero-order valence-corrected chi connectivity index (χ0v) is 29.4. The van der Waals surface area contributed by atoms with Gasteiger partial charge in [-0.15, -0.1) is 0 Å². The first-order chi connectivity index (χ1) is 20.8. The van der Waals surface area contributed by atoms with Gasteiger partial charge in [-0.25, -0.2) is 0 Å². The van der Waals surface area contributed by atoms with Crippen LogP contribution in [0.4, 0.5) is 17.1 Å². The molecule has 0 saturated heterocycles. The minimum atomic E-state index is -1.40. The summed E-state index contributed by atoms with van der Waals surface area (Å²) in [6, 6.07) is 44.0. The average Bonchev–Trinajstić information content (AvgIpc) is 3.23. The molecule has 0 fully saturated rings. The topological polar surface area (TPSA) is 3.24 Å². The minimum Gasteiger partial charge on any atom is -0.310 e. The van der Waals surface area contributed by atoms with Gasteiger partial charge in [0.05, 0.1) is 16.1 Å². The molecule has 3 heteroatoms. The minimum absolute atomic E-state index is 0.102. The summed E-state index contributed by atoms with van der Waals surface area (Å²) in [6.45, 7) is 19.3. The van der Waals surface area contributed by atoms with E-state index >= 15 is 0 Å². The Balaban J connectivity index is 1.40. The third kappa shape index (κ3) is 4.65. The van der Waals surface area contributed by atoms with Gasteiger partial charge in [-0.2, -0.15) is 0 Å². The maximum absolute atomic E-state index is 2.46. The Labute approximate surface area is 265 Å². The normalized spacial score (nSPS) is 14.1. The third-order valence-corrected chi connectivity index (χ3v) is 13.9. The van der Waals surface area contributed by atoms with Crippen molar-refractivity contribution < 1.29 is 0 Å². The summed E-state index contributed by atoms with van der Waals surface area (Å²) in [5, 5.41) is 8.28. The van der Waals surface area contributed by atoms with E-state index in [2.05, 4.69) is 173 Å². The summed E-state index contributed by atoms with van der Waals surface area (Å²) >= 11 is 0. The predicted molar refractivity (Wildman–Crippen MR) is 200 cm³/mol. The lowest BCUT2D eigenvalue weighted by atomic mass is 9.81. The molecule has 0 atom stereocenters. The SMILES string of the molecule is CC1(C)c2cc(N(c3ccc([Si](C)(C)C)cc3)c3ccc([Si](C)(C)C)cc3)ccc2-c2c1ccc1c2ccc2ccccc21. The molecule has 0 N–H and O–H groups in total. The third-order valence-electron chi connectivity index (χ3n) is 9.79. The predicted octanol–water partition coefficient (Wildman–Crippen LogP) is 10.9. The molecule has 0 amide bonds. The van der Waals surface area contributed by atoms with Crippen molar-refractivity contribution in [3.63, 3.8) is 0 Å². The zero-order valence-electron chi connectivity index (χ0n) is 27.4. The lowest BCUT2D eigenvalue weighted by Gasteiger charge is -2.29. The first-order valence-electron chi connectivity index (χ1n) is 16.0. The molecule has 0 saturated carbocycles. The molecular formula is C41H43NSi2. The van der Waals surface area contributed by atoms with Crippen molar-refractivity contribution in [3.05, 3.63) is 126 Å². The lowest BCUT2D eigenvalue weighted by molar-refractivity contribution is 0.661. The van der Waals surface area contributed by atoms with Gasteiger partial charge in [0.2, 0.25) is 0 Å². The van der Waals surface area contributed by atoms with E-state index in [1.807, 2.05) is 0 Å². The molecule has 1 nitrogen and oxygen atoms in total. The Hall–Kier alpha value is -3.93. The van der Waals surface area contributed by atoms with Crippen molar-refractivity contribution in [1.82, 2.24) is 0 Å². The number of benzene rings is 6. The van der Waals surface area contributed by atoms with E-state index in [4.69, 9.17) is 0 Å². The second kappa shape index (κ2) is 10.0. The van der Waals surface area contributed by atoms with Crippen molar-refractivity contribution in [2.24, 2.45) is 0 Å². The van der Waals surface area contributed by atoms with Gasteiger partial charge in [-0.1, -0.05) is 142 Å². The summed E-state index contributed by atoms with van der Waals surface area (Å²) in [5.41, 5.74) is 9.08. The van der Waals surface area contributed by atoms with Crippen LogP contribution in [0.15, 0.2) is 115 Å². The van der Waals surface area contributed by atoms with Gasteiger partial charge in [0.1, 0.15) is 0 Å². The molecule has 7 rings (SSSR count). The first-order valence-corrected chi connectivity index (χ1v) is 23.0. The van der Waals surface area contributed by atoms with Crippen LogP contribution in [-0.4, -0.2) is 16.1 Å². The maximum Gasteiger partial charge on any atom is 0.0775 e. The van der Waals surface area contributed by atoms with Crippen LogP contribution in [0.5, 0.6) is 0 Å². The molecule has 220 valence electrons. The molecule has 0 unspecified atom stereocenters. The molecular weight excluding hydrogens is 563 g/mol. The molecule has 6 aromatic carbocycles. The van der Waals surface area contributed by atoms with Crippen molar-refractivity contribution in [3.8, 4) is 11.1 Å². The molecule has 0 aliphatic heterocycles. The lowest BCUT2D eigenvalue weighted by Crippen LogP contribution is -2.37. The molecule has 6 aromatic rings. The standard InChI is InChI=1S/C41H43NSi2/c1-41(2)38-26-25-35-34-12-10-9-11-28(34)13-23-36(35)40(38)37-24-18-31(27-39(37)41)42(29-14-19-32(20-15-29)43(3,4)5)30-16-21-33(22-17-30)44(6,7)8/h9-27H,1-8H3. The van der Waals surface area contributed by atoms with E-state index in [1.165, 1.54) is 71.2 Å². The highest BCUT2D eigenvalue weighted by atomic mass is 28.3. The van der Waals surface area contributed by atoms with Crippen LogP contribution < -0.4 is 15.3 Å². The molecule has 1 aliphatic carbocycles. The Morgan fingerprint density at radius 1 is 0.477 bits per heavy atom. The number of rotatable bonds is 5. The van der Waals surface area contributed by atoms with Crippen molar-refractivity contribution in [2.75, 3.05) is 4.90 Å². The molecule has 1 aliphatic rings. The fraction of sp³-hybridized carbons (Fsp3) is 0.220. The highest BCUT2D eigenvalue weighted by molar-refractivity contribution is 6.89. The zero-order chi connectivity index (χ0) is 31.0. The van der Waals surface area contributed by atoms with Gasteiger partial charge >= 0.3 is 0 Å². The number of fused-ring (bicyclic) bond motifs is 7. The van der Waals surface area contributed by atoms with Gasteiger partial charge in [-0.3, -0.25) is 0 Å². The molecule has 0 aromatic heterocycles. The summed E-state index contributed by atoms with van der Waals surface area (Å²) in [5.74, 6) is 0. The Bertz CT molecular complexity index is 1980. The van der Waals surface area contributed by atoms with Crippen LogP contribution in [0.3, 0.4) is 0 Å². The van der Waals surface area contributed by atoms with E-state index < -0.39 is 16.1 Å². The highest BCUT2D eigenvalue weighted by Crippen LogP contribution is 2.53. The number of hydrogen-bond donors (Lipinski definition) is 0. The fourth-order valence-corrected chi connectivity index (χ4v) is 9.45. The Morgan fingerprint density at radius 2 is 1.02 bits per heavy atom. The van der Waals surface area contributed by atoms with Gasteiger partial charge < -0.3 is 4.90 Å². The van der Waals surface area contributed by atoms with Crippen molar-refractivity contribution in [1.29, 1.82) is 0 Å².